The molecular formula is C20H17BrN2O3. The second kappa shape index (κ2) is 8.12. The zero-order valence-corrected chi connectivity index (χ0v) is 15.6. The Morgan fingerprint density at radius 1 is 1.08 bits per heavy atom. The van der Waals surface area contributed by atoms with Crippen molar-refractivity contribution in [2.75, 3.05) is 0 Å². The Balaban J connectivity index is 1.76. The minimum absolute atomic E-state index is 0.0236. The number of aliphatic hydroxyl groups excluding tert-OH is 1. The fourth-order valence-corrected chi connectivity index (χ4v) is 2.56. The molecule has 0 spiro atoms. The van der Waals surface area contributed by atoms with Crippen LogP contribution in [0.25, 0.3) is 0 Å². The summed E-state index contributed by atoms with van der Waals surface area (Å²) in [6.07, 6.45) is 3.06. The molecule has 0 aliphatic carbocycles. The summed E-state index contributed by atoms with van der Waals surface area (Å²) < 4.78 is 6.76. The maximum Gasteiger partial charge on any atom is 0.145 e. The largest absolute Gasteiger partial charge is 0.505 e. The number of aryl methyl sites for hydroxylation is 1. The van der Waals surface area contributed by atoms with Gasteiger partial charge in [0.05, 0.1) is 18.0 Å². The first-order valence-corrected chi connectivity index (χ1v) is 8.72. The molecule has 0 aliphatic heterocycles. The molecule has 0 amide bonds. The molecule has 1 aromatic heterocycles. The van der Waals surface area contributed by atoms with Crippen LogP contribution in [0, 0.1) is 6.92 Å². The molecule has 0 unspecified atom stereocenters. The van der Waals surface area contributed by atoms with Gasteiger partial charge in [-0.1, -0.05) is 15.9 Å². The summed E-state index contributed by atoms with van der Waals surface area (Å²) in [4.78, 5) is 8.39. The van der Waals surface area contributed by atoms with Gasteiger partial charge in [0.2, 0.25) is 0 Å². The third-order valence-corrected chi connectivity index (χ3v) is 4.29. The summed E-state index contributed by atoms with van der Waals surface area (Å²) >= 11 is 3.39. The number of aliphatic hydroxyl groups is 1. The van der Waals surface area contributed by atoms with E-state index < -0.39 is 0 Å². The zero-order chi connectivity index (χ0) is 18.5. The maximum atomic E-state index is 10.1. The Hall–Kier alpha value is -2.70. The predicted molar refractivity (Wildman–Crippen MR) is 104 cm³/mol. The van der Waals surface area contributed by atoms with E-state index in [-0.39, 0.29) is 12.4 Å². The van der Waals surface area contributed by atoms with Gasteiger partial charge in [-0.05, 0) is 55.5 Å². The number of benzene rings is 2. The number of aliphatic imine (C=N–C) groups is 1. The Labute approximate surface area is 159 Å². The van der Waals surface area contributed by atoms with E-state index in [1.165, 1.54) is 12.4 Å². The second-order valence-corrected chi connectivity index (χ2v) is 6.51. The molecule has 26 heavy (non-hydrogen) atoms. The van der Waals surface area contributed by atoms with Crippen LogP contribution in [0.4, 0.5) is 5.69 Å². The minimum atomic E-state index is -0.220. The molecule has 0 saturated carbocycles. The lowest BCUT2D eigenvalue weighted by atomic mass is 10.1. The Morgan fingerprint density at radius 3 is 2.31 bits per heavy atom. The van der Waals surface area contributed by atoms with Crippen LogP contribution < -0.4 is 4.74 Å². The molecule has 0 fully saturated rings. The molecule has 2 N–H and O–H groups in total. The van der Waals surface area contributed by atoms with Gasteiger partial charge < -0.3 is 14.9 Å². The average Bonchev–Trinajstić information content (AvgIpc) is 2.66. The van der Waals surface area contributed by atoms with E-state index in [2.05, 4.69) is 25.9 Å². The molecule has 0 aliphatic rings. The normalized spacial score (nSPS) is 11.0. The molecule has 0 atom stereocenters. The molecule has 1 heterocycles. The predicted octanol–water partition coefficient (Wildman–Crippen LogP) is 4.89. The Morgan fingerprint density at radius 2 is 1.69 bits per heavy atom. The van der Waals surface area contributed by atoms with Gasteiger partial charge >= 0.3 is 0 Å². The van der Waals surface area contributed by atoms with Crippen molar-refractivity contribution >= 4 is 27.8 Å². The molecule has 0 saturated heterocycles. The average molecular weight is 413 g/mol. The highest BCUT2D eigenvalue weighted by Crippen LogP contribution is 2.26. The smallest absolute Gasteiger partial charge is 0.145 e. The molecule has 0 radical (unpaired) electrons. The summed E-state index contributed by atoms with van der Waals surface area (Å²) in [6, 6.07) is 14.8. The molecule has 0 bridgehead atoms. The number of nitrogens with zero attached hydrogens (tertiary/aromatic N) is 2. The number of pyridine rings is 1. The van der Waals surface area contributed by atoms with Gasteiger partial charge in [-0.3, -0.25) is 9.98 Å². The van der Waals surface area contributed by atoms with Crippen LogP contribution in [0.15, 0.2) is 64.2 Å². The van der Waals surface area contributed by atoms with Crippen molar-refractivity contribution in [2.24, 2.45) is 4.99 Å². The first-order valence-electron chi connectivity index (χ1n) is 7.92. The van der Waals surface area contributed by atoms with Crippen LogP contribution >= 0.6 is 15.9 Å². The van der Waals surface area contributed by atoms with Crippen molar-refractivity contribution in [1.29, 1.82) is 0 Å². The molecule has 132 valence electrons. The number of ether oxygens (including phenoxy) is 1. The zero-order valence-electron chi connectivity index (χ0n) is 14.1. The number of hydrogen-bond donors (Lipinski definition) is 2. The summed E-state index contributed by atoms with van der Waals surface area (Å²) in [5.74, 6) is 1.47. The van der Waals surface area contributed by atoms with E-state index in [9.17, 15) is 10.2 Å². The highest BCUT2D eigenvalue weighted by atomic mass is 79.9. The Kier molecular flexibility index (Phi) is 5.65. The number of rotatable bonds is 5. The van der Waals surface area contributed by atoms with Gasteiger partial charge in [-0.25, -0.2) is 0 Å². The van der Waals surface area contributed by atoms with E-state index in [4.69, 9.17) is 4.74 Å². The van der Waals surface area contributed by atoms with E-state index in [1.54, 1.807) is 6.92 Å². The fraction of sp³-hybridized carbons (Fsp3) is 0.100. The van der Waals surface area contributed by atoms with Crippen molar-refractivity contribution in [3.63, 3.8) is 0 Å². The quantitative estimate of drug-likeness (QED) is 0.584. The first-order chi connectivity index (χ1) is 12.6. The van der Waals surface area contributed by atoms with Crippen molar-refractivity contribution in [3.8, 4) is 17.2 Å². The molecule has 3 rings (SSSR count). The van der Waals surface area contributed by atoms with Gasteiger partial charge in [0.1, 0.15) is 17.2 Å². The summed E-state index contributed by atoms with van der Waals surface area (Å²) in [5, 5.41) is 19.5. The standard InChI is InChI=1S/C20H17BrN2O3/c1-13-20(25)19(14(12-24)10-22-13)11-23-16-4-8-18(9-5-16)26-17-6-2-15(21)3-7-17/h2-11,24-25H,12H2,1H3. The van der Waals surface area contributed by atoms with Crippen molar-refractivity contribution < 1.29 is 14.9 Å². The van der Waals surface area contributed by atoms with Crippen molar-refractivity contribution in [1.82, 2.24) is 4.98 Å². The third kappa shape index (κ3) is 4.28. The lowest BCUT2D eigenvalue weighted by Crippen LogP contribution is -1.97. The van der Waals surface area contributed by atoms with Crippen molar-refractivity contribution in [3.05, 3.63) is 76.0 Å². The Bertz CT molecular complexity index is 923. The minimum Gasteiger partial charge on any atom is -0.505 e. The van der Waals surface area contributed by atoms with Gasteiger partial charge in [0.25, 0.3) is 0 Å². The van der Waals surface area contributed by atoms with Crippen LogP contribution in [-0.4, -0.2) is 21.4 Å². The van der Waals surface area contributed by atoms with Crippen LogP contribution in [0.3, 0.4) is 0 Å². The van der Waals surface area contributed by atoms with Gasteiger partial charge in [0.15, 0.2) is 0 Å². The van der Waals surface area contributed by atoms with Crippen LogP contribution in [-0.2, 0) is 6.61 Å². The second-order valence-electron chi connectivity index (χ2n) is 5.60. The number of halogens is 1. The van der Waals surface area contributed by atoms with Crippen molar-refractivity contribution in [2.45, 2.75) is 13.5 Å². The number of aromatic hydroxyl groups is 1. The number of hydrogen-bond acceptors (Lipinski definition) is 5. The first kappa shape index (κ1) is 18.1. The monoisotopic (exact) mass is 412 g/mol. The van der Waals surface area contributed by atoms with E-state index in [0.717, 1.165) is 10.2 Å². The number of aromatic nitrogens is 1. The van der Waals surface area contributed by atoms with Gasteiger partial charge in [0, 0.05) is 28.0 Å². The highest BCUT2D eigenvalue weighted by Gasteiger charge is 2.09. The molecule has 3 aromatic rings. The van der Waals surface area contributed by atoms with Gasteiger partial charge in [-0.2, -0.15) is 0 Å². The lowest BCUT2D eigenvalue weighted by molar-refractivity contribution is 0.280. The summed E-state index contributed by atoms with van der Waals surface area (Å²) in [7, 11) is 0. The molecule has 6 heteroatoms. The fourth-order valence-electron chi connectivity index (χ4n) is 2.30. The molecule has 2 aromatic carbocycles. The molecular weight excluding hydrogens is 396 g/mol. The van der Waals surface area contributed by atoms with E-state index in [0.29, 0.717) is 28.3 Å². The summed E-state index contributed by atoms with van der Waals surface area (Å²) in [6.45, 7) is 1.48. The van der Waals surface area contributed by atoms with E-state index in [1.807, 2.05) is 48.5 Å². The lowest BCUT2D eigenvalue weighted by Gasteiger charge is -2.07. The molecule has 5 nitrogen and oxygen atoms in total. The SMILES string of the molecule is Cc1ncc(CO)c(C=Nc2ccc(Oc3ccc(Br)cc3)cc2)c1O. The van der Waals surface area contributed by atoms with Crippen LogP contribution in [0.2, 0.25) is 0 Å². The van der Waals surface area contributed by atoms with Crippen LogP contribution in [0.1, 0.15) is 16.8 Å². The summed E-state index contributed by atoms with van der Waals surface area (Å²) in [5.41, 5.74) is 2.18. The maximum absolute atomic E-state index is 10.1. The highest BCUT2D eigenvalue weighted by molar-refractivity contribution is 9.10. The van der Waals surface area contributed by atoms with Crippen LogP contribution in [0.5, 0.6) is 17.2 Å². The topological polar surface area (TPSA) is 74.9 Å². The van der Waals surface area contributed by atoms with E-state index >= 15 is 0 Å². The van der Waals surface area contributed by atoms with Gasteiger partial charge in [-0.15, -0.1) is 0 Å². The third-order valence-electron chi connectivity index (χ3n) is 3.76.